The van der Waals surface area contributed by atoms with E-state index in [0.29, 0.717) is 30.2 Å². The molecule has 1 aromatic carbocycles. The molecule has 0 aliphatic heterocycles. The molecule has 2 rings (SSSR count). The number of fused-ring (bicyclic) bond motifs is 1. The normalized spacial score (nSPS) is 13.6. The van der Waals surface area contributed by atoms with Gasteiger partial charge in [-0.2, -0.15) is 5.10 Å². The van der Waals surface area contributed by atoms with Crippen LogP contribution in [-0.2, 0) is 21.4 Å². The monoisotopic (exact) mass is 437 g/mol. The molecule has 0 saturated heterocycles. The number of carbonyl (C=O) groups excluding carboxylic acids is 2. The summed E-state index contributed by atoms with van der Waals surface area (Å²) in [6.45, 7) is 5.76. The van der Waals surface area contributed by atoms with Crippen molar-refractivity contribution in [2.24, 2.45) is 5.92 Å². The first-order valence-electron chi connectivity index (χ1n) is 9.66. The number of nitrogens with zero attached hydrogens (tertiary/aromatic N) is 2. The molecule has 2 amide bonds. The number of carbonyl (C=O) groups is 2. The molecule has 0 radical (unpaired) electrons. The summed E-state index contributed by atoms with van der Waals surface area (Å²) >= 11 is 0. The molecular formula is C19H27N5O5S. The van der Waals surface area contributed by atoms with E-state index in [9.17, 15) is 22.8 Å². The summed E-state index contributed by atoms with van der Waals surface area (Å²) in [4.78, 5) is 37.8. The van der Waals surface area contributed by atoms with Gasteiger partial charge in [-0.25, -0.2) is 17.8 Å². The number of hydrogen-bond donors (Lipinski definition) is 3. The lowest BCUT2D eigenvalue weighted by molar-refractivity contribution is -0.124. The lowest BCUT2D eigenvalue weighted by Crippen LogP contribution is -2.54. The highest BCUT2D eigenvalue weighted by Crippen LogP contribution is 2.13. The summed E-state index contributed by atoms with van der Waals surface area (Å²) in [6.07, 6.45) is 2.15. The Morgan fingerprint density at radius 3 is 2.33 bits per heavy atom. The van der Waals surface area contributed by atoms with Crippen LogP contribution in [0, 0.1) is 5.92 Å². The fourth-order valence-corrected chi connectivity index (χ4v) is 3.72. The van der Waals surface area contributed by atoms with Gasteiger partial charge in [-0.1, -0.05) is 45.4 Å². The number of aromatic nitrogens is 2. The Hall–Kier alpha value is -2.79. The van der Waals surface area contributed by atoms with Crippen molar-refractivity contribution in [1.29, 1.82) is 0 Å². The number of rotatable bonds is 8. The average molecular weight is 438 g/mol. The van der Waals surface area contributed by atoms with Crippen molar-refractivity contribution in [1.82, 2.24) is 25.4 Å². The largest absolute Gasteiger partial charge is 0.290 e. The van der Waals surface area contributed by atoms with Crippen molar-refractivity contribution in [2.45, 2.75) is 46.2 Å². The van der Waals surface area contributed by atoms with E-state index in [0.717, 1.165) is 6.26 Å². The van der Waals surface area contributed by atoms with Gasteiger partial charge in [-0.3, -0.25) is 25.2 Å². The van der Waals surface area contributed by atoms with Gasteiger partial charge < -0.3 is 0 Å². The predicted octanol–water partition coefficient (Wildman–Crippen LogP) is 0.531. The van der Waals surface area contributed by atoms with Crippen LogP contribution in [0.15, 0.2) is 29.1 Å². The van der Waals surface area contributed by atoms with E-state index in [2.05, 4.69) is 20.7 Å². The highest BCUT2D eigenvalue weighted by Gasteiger charge is 2.28. The molecule has 0 aliphatic carbocycles. The second-order valence-electron chi connectivity index (χ2n) is 7.12. The number of hydrazine groups is 1. The Labute approximate surface area is 175 Å². The van der Waals surface area contributed by atoms with Crippen molar-refractivity contribution in [3.63, 3.8) is 0 Å². The molecule has 0 spiro atoms. The molecule has 11 heteroatoms. The summed E-state index contributed by atoms with van der Waals surface area (Å²) in [5.74, 6) is -1.72. The second kappa shape index (κ2) is 9.81. The Morgan fingerprint density at radius 2 is 1.77 bits per heavy atom. The van der Waals surface area contributed by atoms with Crippen LogP contribution in [0.1, 0.15) is 44.1 Å². The van der Waals surface area contributed by atoms with Gasteiger partial charge in [0.15, 0.2) is 5.69 Å². The molecule has 0 bridgehead atoms. The molecule has 30 heavy (non-hydrogen) atoms. The first-order chi connectivity index (χ1) is 14.1. The summed E-state index contributed by atoms with van der Waals surface area (Å²) in [7, 11) is -3.63. The zero-order valence-electron chi connectivity index (χ0n) is 17.4. The summed E-state index contributed by atoms with van der Waals surface area (Å²) in [5.41, 5.74) is 4.21. The third-order valence-corrected chi connectivity index (χ3v) is 5.34. The molecule has 3 N–H and O–H groups in total. The molecule has 164 valence electrons. The van der Waals surface area contributed by atoms with Crippen LogP contribution < -0.4 is 21.1 Å². The topological polar surface area (TPSA) is 139 Å². The van der Waals surface area contributed by atoms with E-state index >= 15 is 0 Å². The van der Waals surface area contributed by atoms with Crippen molar-refractivity contribution < 1.29 is 18.0 Å². The minimum absolute atomic E-state index is 0.0184. The Bertz CT molecular complexity index is 1100. The van der Waals surface area contributed by atoms with Gasteiger partial charge in [-0.05, 0) is 18.4 Å². The highest BCUT2D eigenvalue weighted by molar-refractivity contribution is 7.88. The molecule has 1 aromatic heterocycles. The maximum absolute atomic E-state index is 12.7. The van der Waals surface area contributed by atoms with Crippen molar-refractivity contribution in [2.75, 3.05) is 6.26 Å². The Balaban J connectivity index is 2.29. The predicted molar refractivity (Wildman–Crippen MR) is 113 cm³/mol. The molecule has 0 saturated carbocycles. The average Bonchev–Trinajstić information content (AvgIpc) is 2.71. The minimum atomic E-state index is -3.63. The number of hydrogen-bond acceptors (Lipinski definition) is 6. The summed E-state index contributed by atoms with van der Waals surface area (Å²) in [5, 5.41) is 4.85. The van der Waals surface area contributed by atoms with Gasteiger partial charge in [0.25, 0.3) is 17.4 Å². The molecule has 1 heterocycles. The molecule has 0 aliphatic rings. The molecule has 0 fully saturated rings. The molecule has 10 nitrogen and oxygen atoms in total. The van der Waals surface area contributed by atoms with Gasteiger partial charge in [0.2, 0.25) is 10.0 Å². The fraction of sp³-hybridized carbons (Fsp3) is 0.474. The van der Waals surface area contributed by atoms with Crippen molar-refractivity contribution in [3.8, 4) is 0 Å². The van der Waals surface area contributed by atoms with Gasteiger partial charge >= 0.3 is 0 Å². The van der Waals surface area contributed by atoms with E-state index in [-0.39, 0.29) is 17.2 Å². The summed E-state index contributed by atoms with van der Waals surface area (Å²) in [6, 6.07) is 5.53. The van der Waals surface area contributed by atoms with Crippen molar-refractivity contribution in [3.05, 3.63) is 40.3 Å². The highest BCUT2D eigenvalue weighted by atomic mass is 32.2. The standard InChI is InChI=1S/C19H27N5O5S/c1-5-11-24-19(27)14-10-8-7-9-13(14)16(22-24)18(26)21-20-17(25)15(12(3)6-2)23-30(4,28)29/h7-10,12,15,23H,5-6,11H2,1-4H3,(H,20,25)(H,21,26)/t12-,15-/m1/s1. The second-order valence-corrected chi connectivity index (χ2v) is 8.90. The van der Waals surface area contributed by atoms with Gasteiger partial charge in [0.1, 0.15) is 6.04 Å². The number of amides is 2. The third kappa shape index (κ3) is 5.63. The van der Waals surface area contributed by atoms with Gasteiger partial charge in [0.05, 0.1) is 11.6 Å². The lowest BCUT2D eigenvalue weighted by Gasteiger charge is -2.22. The van der Waals surface area contributed by atoms with Crippen LogP contribution in [0.3, 0.4) is 0 Å². The number of sulfonamides is 1. The van der Waals surface area contributed by atoms with Crippen molar-refractivity contribution >= 4 is 32.6 Å². The Morgan fingerprint density at radius 1 is 1.13 bits per heavy atom. The third-order valence-electron chi connectivity index (χ3n) is 4.65. The molecule has 2 aromatic rings. The molecular weight excluding hydrogens is 410 g/mol. The van der Waals surface area contributed by atoms with Crippen LogP contribution in [0.4, 0.5) is 0 Å². The molecule has 2 atom stereocenters. The van der Waals surface area contributed by atoms with Crippen LogP contribution in [0.25, 0.3) is 10.8 Å². The smallest absolute Gasteiger partial charge is 0.271 e. The van der Waals surface area contributed by atoms with E-state index < -0.39 is 27.9 Å². The zero-order chi connectivity index (χ0) is 22.5. The minimum Gasteiger partial charge on any atom is -0.271 e. The van der Waals surface area contributed by atoms with Gasteiger partial charge in [0, 0.05) is 11.9 Å². The van der Waals surface area contributed by atoms with Crippen LogP contribution in [0.2, 0.25) is 0 Å². The fourth-order valence-electron chi connectivity index (χ4n) is 2.92. The quantitative estimate of drug-likeness (QED) is 0.515. The number of nitrogens with one attached hydrogen (secondary N) is 3. The van der Waals surface area contributed by atoms with Crippen LogP contribution in [0.5, 0.6) is 0 Å². The van der Waals surface area contributed by atoms with E-state index in [1.807, 2.05) is 13.8 Å². The zero-order valence-corrected chi connectivity index (χ0v) is 18.2. The number of benzene rings is 1. The first-order valence-corrected chi connectivity index (χ1v) is 11.6. The molecule has 0 unspecified atom stereocenters. The maximum atomic E-state index is 12.7. The number of aryl methyl sites for hydroxylation is 1. The Kier molecular flexibility index (Phi) is 7.68. The van der Waals surface area contributed by atoms with Gasteiger partial charge in [-0.15, -0.1) is 0 Å². The lowest BCUT2D eigenvalue weighted by atomic mass is 10.00. The van der Waals surface area contributed by atoms with Crippen LogP contribution in [-0.4, -0.2) is 42.3 Å². The maximum Gasteiger partial charge on any atom is 0.290 e. The van der Waals surface area contributed by atoms with E-state index in [4.69, 9.17) is 0 Å². The first kappa shape index (κ1) is 23.5. The van der Waals surface area contributed by atoms with Crippen LogP contribution >= 0.6 is 0 Å². The van der Waals surface area contributed by atoms with E-state index in [1.54, 1.807) is 31.2 Å². The summed E-state index contributed by atoms with van der Waals surface area (Å²) < 4.78 is 26.7. The SMILES string of the molecule is CCCn1nc(C(=O)NNC(=O)[C@H](NS(C)(=O)=O)[C@H](C)CC)c2ccccc2c1=O. The van der Waals surface area contributed by atoms with E-state index in [1.165, 1.54) is 4.68 Å².